The molecule has 0 radical (unpaired) electrons. The van der Waals surface area contributed by atoms with Crippen LogP contribution in [0, 0.1) is 23.5 Å². The Labute approximate surface area is 183 Å². The van der Waals surface area contributed by atoms with Crippen molar-refractivity contribution in [2.75, 3.05) is 13.1 Å². The molecule has 2 aliphatic rings. The Kier molecular flexibility index (Phi) is 7.28. The zero-order valence-corrected chi connectivity index (χ0v) is 17.9. The van der Waals surface area contributed by atoms with Gasteiger partial charge in [-0.25, -0.2) is 8.78 Å². The molecule has 2 fully saturated rings. The van der Waals surface area contributed by atoms with Crippen LogP contribution >= 0.6 is 0 Å². The van der Waals surface area contributed by atoms with E-state index in [1.807, 2.05) is 18.2 Å². The molecule has 31 heavy (non-hydrogen) atoms. The van der Waals surface area contributed by atoms with Gasteiger partial charge in [0.05, 0.1) is 11.7 Å². The number of aromatic nitrogens is 1. The smallest absolute Gasteiger partial charge is 0.220 e. The quantitative estimate of drug-likeness (QED) is 0.676. The van der Waals surface area contributed by atoms with Crippen molar-refractivity contribution in [2.45, 2.75) is 57.5 Å². The molecule has 1 aliphatic heterocycles. The molecule has 1 aromatic heterocycles. The minimum absolute atomic E-state index is 0.111. The molecule has 2 aromatic rings. The topological polar surface area (TPSA) is 45.2 Å². The van der Waals surface area contributed by atoms with Gasteiger partial charge in [0.2, 0.25) is 5.91 Å². The summed E-state index contributed by atoms with van der Waals surface area (Å²) in [6, 6.07) is 9.79. The van der Waals surface area contributed by atoms with Gasteiger partial charge in [0, 0.05) is 25.7 Å². The number of nitrogens with one attached hydrogen (secondary N) is 1. The van der Waals surface area contributed by atoms with Crippen LogP contribution in [0.3, 0.4) is 0 Å². The minimum Gasteiger partial charge on any atom is -0.347 e. The lowest BCUT2D eigenvalue weighted by Crippen LogP contribution is -2.43. The Hall–Kier alpha value is -2.34. The van der Waals surface area contributed by atoms with Crippen LogP contribution in [0.1, 0.15) is 62.2 Å². The van der Waals surface area contributed by atoms with Gasteiger partial charge in [0.1, 0.15) is 0 Å². The van der Waals surface area contributed by atoms with Crippen molar-refractivity contribution < 1.29 is 13.6 Å². The fourth-order valence-electron chi connectivity index (χ4n) is 5.11. The van der Waals surface area contributed by atoms with Crippen LogP contribution in [0.4, 0.5) is 8.78 Å². The van der Waals surface area contributed by atoms with Gasteiger partial charge in [0.25, 0.3) is 0 Å². The number of amides is 1. The van der Waals surface area contributed by atoms with E-state index in [1.54, 1.807) is 12.3 Å². The van der Waals surface area contributed by atoms with Crippen molar-refractivity contribution in [1.29, 1.82) is 0 Å². The van der Waals surface area contributed by atoms with E-state index in [0.717, 1.165) is 50.0 Å². The number of rotatable bonds is 7. The zero-order valence-electron chi connectivity index (χ0n) is 17.9. The number of carbonyl (C=O) groups is 1. The first-order chi connectivity index (χ1) is 15.1. The predicted octanol–water partition coefficient (Wildman–Crippen LogP) is 5.01. The summed E-state index contributed by atoms with van der Waals surface area (Å²) in [4.78, 5) is 19.6. The van der Waals surface area contributed by atoms with E-state index in [9.17, 15) is 13.6 Å². The summed E-state index contributed by atoms with van der Waals surface area (Å²) in [5.41, 5.74) is 1.65. The van der Waals surface area contributed by atoms with Gasteiger partial charge in [-0.1, -0.05) is 25.0 Å². The summed E-state index contributed by atoms with van der Waals surface area (Å²) in [7, 11) is 0. The summed E-state index contributed by atoms with van der Waals surface area (Å²) in [6.07, 6.45) is 9.10. The number of hydrogen-bond donors (Lipinski definition) is 1. The molecule has 2 atom stereocenters. The van der Waals surface area contributed by atoms with E-state index in [2.05, 4.69) is 15.2 Å². The maximum absolute atomic E-state index is 13.6. The van der Waals surface area contributed by atoms with Crippen LogP contribution < -0.4 is 5.32 Å². The first-order valence-electron chi connectivity index (χ1n) is 11.4. The van der Waals surface area contributed by atoms with Crippen LogP contribution in [-0.4, -0.2) is 28.9 Å². The Morgan fingerprint density at radius 3 is 2.68 bits per heavy atom. The van der Waals surface area contributed by atoms with Crippen LogP contribution in [0.15, 0.2) is 42.6 Å². The average Bonchev–Trinajstić information content (AvgIpc) is 3.28. The molecule has 6 heteroatoms. The lowest BCUT2D eigenvalue weighted by Gasteiger charge is -2.37. The van der Waals surface area contributed by atoms with Gasteiger partial charge in [-0.15, -0.1) is 0 Å². The van der Waals surface area contributed by atoms with Crippen molar-refractivity contribution in [2.24, 2.45) is 11.8 Å². The molecular formula is C25H31F2N3O. The number of pyridine rings is 1. The van der Waals surface area contributed by atoms with E-state index >= 15 is 0 Å². The van der Waals surface area contributed by atoms with Crippen molar-refractivity contribution >= 4 is 5.91 Å². The summed E-state index contributed by atoms with van der Waals surface area (Å²) in [5.74, 6) is -0.792. The average molecular weight is 428 g/mol. The fourth-order valence-corrected chi connectivity index (χ4v) is 5.11. The number of likely N-dealkylation sites (tertiary alicyclic amines) is 1. The normalized spacial score (nSPS) is 21.2. The van der Waals surface area contributed by atoms with E-state index in [-0.39, 0.29) is 17.9 Å². The lowest BCUT2D eigenvalue weighted by atomic mass is 9.87. The van der Waals surface area contributed by atoms with Gasteiger partial charge in [0.15, 0.2) is 11.6 Å². The third-order valence-electron chi connectivity index (χ3n) is 6.68. The Balaban J connectivity index is 1.44. The monoisotopic (exact) mass is 427 g/mol. The van der Waals surface area contributed by atoms with Gasteiger partial charge < -0.3 is 5.32 Å². The van der Waals surface area contributed by atoms with Gasteiger partial charge in [-0.05, 0) is 73.9 Å². The summed E-state index contributed by atoms with van der Waals surface area (Å²) in [6.45, 7) is 2.25. The number of halogens is 2. The molecule has 4 nitrogen and oxygen atoms in total. The maximum atomic E-state index is 13.6. The van der Waals surface area contributed by atoms with Crippen LogP contribution in [0.5, 0.6) is 0 Å². The maximum Gasteiger partial charge on any atom is 0.220 e. The number of benzene rings is 1. The van der Waals surface area contributed by atoms with Crippen LogP contribution in [-0.2, 0) is 11.3 Å². The molecule has 1 amide bonds. The highest BCUT2D eigenvalue weighted by Gasteiger charge is 2.31. The third-order valence-corrected chi connectivity index (χ3v) is 6.68. The summed E-state index contributed by atoms with van der Waals surface area (Å²) in [5, 5.41) is 3.29. The highest BCUT2D eigenvalue weighted by Crippen LogP contribution is 2.31. The fraction of sp³-hybridized carbons (Fsp3) is 0.520. The number of piperidine rings is 1. The van der Waals surface area contributed by atoms with E-state index in [4.69, 9.17) is 0 Å². The molecular weight excluding hydrogens is 396 g/mol. The minimum atomic E-state index is -0.819. The Morgan fingerprint density at radius 2 is 1.94 bits per heavy atom. The third kappa shape index (κ3) is 5.88. The number of carbonyl (C=O) groups excluding carboxylic acids is 1. The van der Waals surface area contributed by atoms with Crippen molar-refractivity contribution in [3.63, 3.8) is 0 Å². The summed E-state index contributed by atoms with van der Waals surface area (Å²) < 4.78 is 26.9. The highest BCUT2D eigenvalue weighted by molar-refractivity contribution is 5.76. The SMILES string of the molecule is O=C(CC1CCCC1)N[C@H](c1ccccn1)[C@H]1CCCN(Cc2ccc(F)c(F)c2)C1. The van der Waals surface area contributed by atoms with Crippen LogP contribution in [0.25, 0.3) is 0 Å². The van der Waals surface area contributed by atoms with E-state index in [0.29, 0.717) is 18.9 Å². The van der Waals surface area contributed by atoms with Gasteiger partial charge in [-0.2, -0.15) is 0 Å². The molecule has 1 saturated carbocycles. The second kappa shape index (κ2) is 10.3. The molecule has 0 spiro atoms. The largest absolute Gasteiger partial charge is 0.347 e. The molecule has 1 N–H and O–H groups in total. The first kappa shape index (κ1) is 21.9. The summed E-state index contributed by atoms with van der Waals surface area (Å²) >= 11 is 0. The highest BCUT2D eigenvalue weighted by atomic mass is 19.2. The lowest BCUT2D eigenvalue weighted by molar-refractivity contribution is -0.123. The number of hydrogen-bond acceptors (Lipinski definition) is 3. The molecule has 2 heterocycles. The van der Waals surface area contributed by atoms with E-state index < -0.39 is 11.6 Å². The van der Waals surface area contributed by atoms with Crippen molar-refractivity contribution in [3.8, 4) is 0 Å². The Bertz CT molecular complexity index is 870. The standard InChI is InChI=1S/C25H31F2N3O/c26-21-11-10-19(14-22(21)27)16-30-13-5-8-20(17-30)25(23-9-3-4-12-28-23)29-24(31)15-18-6-1-2-7-18/h3-4,9-12,14,18,20,25H,1-2,5-8,13,15-17H2,(H,29,31)/t20-,25-/m0/s1. The molecule has 4 rings (SSSR count). The predicted molar refractivity (Wildman–Crippen MR) is 116 cm³/mol. The molecule has 0 bridgehead atoms. The van der Waals surface area contributed by atoms with Crippen LogP contribution in [0.2, 0.25) is 0 Å². The number of nitrogens with zero attached hydrogens (tertiary/aromatic N) is 2. The van der Waals surface area contributed by atoms with Crippen molar-refractivity contribution in [1.82, 2.24) is 15.2 Å². The zero-order chi connectivity index (χ0) is 21.6. The molecule has 0 unspecified atom stereocenters. The first-order valence-corrected chi connectivity index (χ1v) is 11.4. The second-order valence-corrected chi connectivity index (χ2v) is 9.04. The van der Waals surface area contributed by atoms with Crippen molar-refractivity contribution in [3.05, 3.63) is 65.5 Å². The Morgan fingerprint density at radius 1 is 1.10 bits per heavy atom. The molecule has 1 aliphatic carbocycles. The molecule has 1 aromatic carbocycles. The molecule has 166 valence electrons. The van der Waals surface area contributed by atoms with E-state index in [1.165, 1.54) is 25.0 Å². The van der Waals surface area contributed by atoms with Gasteiger partial charge >= 0.3 is 0 Å². The molecule has 1 saturated heterocycles. The van der Waals surface area contributed by atoms with Gasteiger partial charge in [-0.3, -0.25) is 14.7 Å². The second-order valence-electron chi connectivity index (χ2n) is 9.04.